The van der Waals surface area contributed by atoms with Crippen LogP contribution in [-0.4, -0.2) is 95.0 Å². The summed E-state index contributed by atoms with van der Waals surface area (Å²) in [6.45, 7) is 12.3. The molecule has 0 bridgehead atoms. The van der Waals surface area contributed by atoms with E-state index in [2.05, 4.69) is 26.1 Å². The molecule has 1 amide bonds. The summed E-state index contributed by atoms with van der Waals surface area (Å²) in [4.78, 5) is 29.1. The molecule has 2 atom stereocenters. The van der Waals surface area contributed by atoms with Crippen molar-refractivity contribution in [1.29, 1.82) is 0 Å². The van der Waals surface area contributed by atoms with Gasteiger partial charge < -0.3 is 10.1 Å². The van der Waals surface area contributed by atoms with Crippen molar-refractivity contribution in [3.63, 3.8) is 0 Å². The van der Waals surface area contributed by atoms with Gasteiger partial charge in [0.15, 0.2) is 5.78 Å². The van der Waals surface area contributed by atoms with Gasteiger partial charge in [-0.1, -0.05) is 175 Å². The molecule has 0 radical (unpaired) electrons. The summed E-state index contributed by atoms with van der Waals surface area (Å²) in [6.07, 6.45) is 24.2. The molecule has 0 aliphatic rings. The second kappa shape index (κ2) is 28.4. The van der Waals surface area contributed by atoms with Crippen LogP contribution in [0.3, 0.4) is 0 Å². The Morgan fingerprint density at radius 2 is 1.13 bits per heavy atom. The van der Waals surface area contributed by atoms with Crippen molar-refractivity contribution in [2.24, 2.45) is 11.3 Å². The molecule has 55 heavy (non-hydrogen) atoms. The number of amides is 1. The zero-order chi connectivity index (χ0) is 39.9. The van der Waals surface area contributed by atoms with E-state index < -0.39 is 26.9 Å². The molecule has 0 heterocycles. The predicted octanol–water partition coefficient (Wildman–Crippen LogP) is 11.9. The van der Waals surface area contributed by atoms with E-state index in [-0.39, 0.29) is 73.7 Å². The molecule has 308 valence electrons. The van der Waals surface area contributed by atoms with Gasteiger partial charge in [0.2, 0.25) is 15.6 Å². The fourth-order valence-corrected chi connectivity index (χ4v) is 8.56. The van der Waals surface area contributed by atoms with Gasteiger partial charge in [0.1, 0.15) is 5.75 Å². The molecule has 2 unspecified atom stereocenters. The van der Waals surface area contributed by atoms with Crippen molar-refractivity contribution in [3.8, 4) is 5.75 Å². The number of rotatable bonds is 30. The van der Waals surface area contributed by atoms with Crippen LogP contribution in [0, 0.1) is 11.3 Å². The van der Waals surface area contributed by atoms with Crippen LogP contribution in [0.2, 0.25) is 0 Å². The van der Waals surface area contributed by atoms with Crippen LogP contribution in [0.4, 0.5) is 5.69 Å². The molecule has 0 aromatic heterocycles. The Balaban J connectivity index is 0.0000151. The van der Waals surface area contributed by atoms with Gasteiger partial charge in [-0.25, -0.2) is 12.7 Å². The Morgan fingerprint density at radius 3 is 1.58 bits per heavy atom. The minimum absolute atomic E-state index is 0. The van der Waals surface area contributed by atoms with Crippen LogP contribution in [0.15, 0.2) is 59.5 Å². The van der Waals surface area contributed by atoms with Crippen molar-refractivity contribution in [2.75, 3.05) is 18.9 Å². The summed E-state index contributed by atoms with van der Waals surface area (Å²) in [5.74, 6) is -0.897. The number of carbonyl (C=O) groups excluding carboxylic acids is 2. The monoisotopic (exact) mass is 809 g/mol. The van der Waals surface area contributed by atoms with Gasteiger partial charge in [-0.05, 0) is 55.7 Å². The van der Waals surface area contributed by atoms with E-state index in [1.165, 1.54) is 99.9 Å². The summed E-state index contributed by atoms with van der Waals surface area (Å²) < 4.78 is 35.2. The summed E-state index contributed by atoms with van der Waals surface area (Å²) in [5.41, 5.74) is -2.12. The third-order valence-corrected chi connectivity index (χ3v) is 12.5. The minimum atomic E-state index is -3.72. The molecule has 0 aliphatic heterocycles. The van der Waals surface area contributed by atoms with Crippen molar-refractivity contribution >= 4 is 78.8 Å². The molecule has 0 saturated carbocycles. The zero-order valence-corrected chi connectivity index (χ0v) is 36.0. The van der Waals surface area contributed by atoms with Gasteiger partial charge in [0, 0.05) is 30.6 Å². The van der Waals surface area contributed by atoms with Crippen molar-refractivity contribution in [2.45, 2.75) is 187 Å². The van der Waals surface area contributed by atoms with Crippen LogP contribution in [0.1, 0.15) is 176 Å². The Morgan fingerprint density at radius 1 is 0.655 bits per heavy atom. The number of Topliss-reactive ketones (excluding diaryl/α,β-unsaturated/α-hetero) is 1. The van der Waals surface area contributed by atoms with Crippen molar-refractivity contribution in [3.05, 3.63) is 54.6 Å². The van der Waals surface area contributed by atoms with Gasteiger partial charge >= 0.3 is 51.4 Å². The number of sulfonamides is 1. The van der Waals surface area contributed by atoms with E-state index in [0.717, 1.165) is 38.5 Å². The molecule has 2 rings (SSSR count). The predicted molar refractivity (Wildman–Crippen MR) is 234 cm³/mol. The van der Waals surface area contributed by atoms with E-state index in [9.17, 15) is 18.0 Å². The molecule has 2 aromatic rings. The van der Waals surface area contributed by atoms with Crippen LogP contribution in [-0.2, 0) is 19.6 Å². The summed E-state index contributed by atoms with van der Waals surface area (Å²) in [7, 11) is -2.09. The van der Waals surface area contributed by atoms with E-state index in [1.807, 2.05) is 39.0 Å². The molecule has 0 spiro atoms. The first-order valence-corrected chi connectivity index (χ1v) is 22.9. The zero-order valence-electron chi connectivity index (χ0n) is 35.2. The normalized spacial score (nSPS) is 13.5. The van der Waals surface area contributed by atoms with Gasteiger partial charge in [-0.3, -0.25) is 9.59 Å². The number of ketones is 1. The van der Waals surface area contributed by atoms with E-state index >= 15 is 0 Å². The second-order valence-electron chi connectivity index (χ2n) is 16.5. The fraction of sp³-hybridized carbons (Fsp3) is 0.696. The molecule has 1 N–H and O–H groups in total. The molecule has 2 aromatic carbocycles. The summed E-state index contributed by atoms with van der Waals surface area (Å²) in [5, 5.41) is 2.99. The molecular formula is C46H77KN2O5S. The van der Waals surface area contributed by atoms with Gasteiger partial charge in [-0.15, -0.1) is 0 Å². The molecule has 0 aliphatic carbocycles. The number of carbonyl (C=O) groups is 2. The number of anilines is 1. The molecule has 0 fully saturated rings. The number of hydrogen-bond acceptors (Lipinski definition) is 5. The topological polar surface area (TPSA) is 92.8 Å². The average Bonchev–Trinajstić information content (AvgIpc) is 3.15. The van der Waals surface area contributed by atoms with Crippen LogP contribution in [0.25, 0.3) is 0 Å². The Hall–Kier alpha value is -1.07. The van der Waals surface area contributed by atoms with E-state index in [0.29, 0.717) is 25.1 Å². The first kappa shape index (κ1) is 51.9. The third-order valence-electron chi connectivity index (χ3n) is 10.6. The Labute approximate surface area is 379 Å². The quantitative estimate of drug-likeness (QED) is 0.0482. The number of nitrogens with one attached hydrogen (secondary N) is 1. The maximum atomic E-state index is 14.5. The Kier molecular flexibility index (Phi) is 26.8. The summed E-state index contributed by atoms with van der Waals surface area (Å²) >= 11 is 0. The van der Waals surface area contributed by atoms with Crippen molar-refractivity contribution in [1.82, 2.24) is 4.31 Å². The number of unbranched alkanes of at least 4 members (excludes halogenated alkanes) is 16. The SMILES string of the molecule is CCCCCCCCCCCCCCCCCCN(C)S(=O)(=O)c1ccc(OC(C(=O)Nc2ccccc2)(C(=O)C(C)(C)C)C(CCC)CCCC)cc1.[KH]. The van der Waals surface area contributed by atoms with Crippen LogP contribution < -0.4 is 10.1 Å². The standard InChI is InChI=1S/C46H76N2O5S.K.H/c1-8-11-13-14-15-16-17-18-19-20-21-22-23-24-25-29-38-48(7)54(51,52)42-36-34-41(35-37-42)53-46(43(49)45(4,5)6,39(30-10-3)31-12-9-2)44(50)47-40-32-27-26-28-33-40;;/h26-28,32-37,39H,8-25,29-31,38H2,1-7H3,(H,47,50);;. The van der Waals surface area contributed by atoms with Gasteiger partial charge in [0.25, 0.3) is 5.91 Å². The Bertz CT molecular complexity index is 1430. The molecular weight excluding hydrogens is 732 g/mol. The van der Waals surface area contributed by atoms with Gasteiger partial charge in [-0.2, -0.15) is 0 Å². The number of nitrogens with zero attached hydrogens (tertiary/aromatic N) is 1. The number of hydrogen-bond donors (Lipinski definition) is 1. The fourth-order valence-electron chi connectivity index (χ4n) is 7.35. The number of ether oxygens (including phenoxy) is 1. The number of para-hydroxylation sites is 1. The van der Waals surface area contributed by atoms with Gasteiger partial charge in [0.05, 0.1) is 4.90 Å². The second-order valence-corrected chi connectivity index (χ2v) is 18.5. The summed E-state index contributed by atoms with van der Waals surface area (Å²) in [6, 6.07) is 15.3. The molecule has 7 nitrogen and oxygen atoms in total. The maximum absolute atomic E-state index is 14.5. The first-order valence-electron chi connectivity index (χ1n) is 21.5. The van der Waals surface area contributed by atoms with E-state index in [4.69, 9.17) is 4.74 Å². The third kappa shape index (κ3) is 18.2. The average molecular weight is 809 g/mol. The molecule has 0 saturated heterocycles. The van der Waals surface area contributed by atoms with E-state index in [1.54, 1.807) is 31.3 Å². The van der Waals surface area contributed by atoms with Crippen LogP contribution >= 0.6 is 0 Å². The van der Waals surface area contributed by atoms with Crippen LogP contribution in [0.5, 0.6) is 5.75 Å². The van der Waals surface area contributed by atoms with Crippen molar-refractivity contribution < 1.29 is 22.7 Å². The number of benzene rings is 2. The first-order chi connectivity index (χ1) is 25.8. The molecule has 9 heteroatoms.